The molecule has 3 aromatic rings. The lowest BCUT2D eigenvalue weighted by molar-refractivity contribution is -0.116. The highest BCUT2D eigenvalue weighted by Crippen LogP contribution is 2.23. The van der Waals surface area contributed by atoms with Crippen LogP contribution in [0.4, 0.5) is 17.3 Å². The Morgan fingerprint density at radius 2 is 1.44 bits per heavy atom. The summed E-state index contributed by atoms with van der Waals surface area (Å²) < 4.78 is 0. The minimum atomic E-state index is -0.368. The van der Waals surface area contributed by atoms with Gasteiger partial charge in [-0.15, -0.1) is 0 Å². The number of rotatable bonds is 6. The van der Waals surface area contributed by atoms with Crippen LogP contribution in [0.2, 0.25) is 0 Å². The lowest BCUT2D eigenvalue weighted by Gasteiger charge is -2.36. The summed E-state index contributed by atoms with van der Waals surface area (Å²) in [6.45, 7) is 3.36. The van der Waals surface area contributed by atoms with E-state index < -0.39 is 0 Å². The molecule has 0 saturated carbocycles. The van der Waals surface area contributed by atoms with Gasteiger partial charge in [-0.05, 0) is 24.3 Å². The Kier molecular flexibility index (Phi) is 5.90. The third-order valence-corrected chi connectivity index (χ3v) is 6.09. The van der Waals surface area contributed by atoms with Crippen molar-refractivity contribution < 1.29 is 14.4 Å². The lowest BCUT2D eigenvalue weighted by atomic mass is 10.1. The van der Waals surface area contributed by atoms with E-state index in [1.807, 2.05) is 18.2 Å². The largest absolute Gasteiger partial charge is 0.368 e. The van der Waals surface area contributed by atoms with E-state index in [2.05, 4.69) is 37.2 Å². The molecule has 2 aliphatic heterocycles. The molecule has 0 radical (unpaired) electrons. The van der Waals surface area contributed by atoms with E-state index in [0.717, 1.165) is 36.9 Å². The molecular formula is C25H24N6O3. The van der Waals surface area contributed by atoms with Crippen molar-refractivity contribution in [3.05, 3.63) is 78.1 Å². The molecule has 1 aromatic heterocycles. The van der Waals surface area contributed by atoms with Gasteiger partial charge in [-0.1, -0.05) is 30.3 Å². The molecule has 9 heteroatoms. The fourth-order valence-corrected chi connectivity index (χ4v) is 4.28. The second kappa shape index (κ2) is 9.30. The molecule has 0 aliphatic carbocycles. The number of aromatic nitrogens is 2. The predicted octanol–water partition coefficient (Wildman–Crippen LogP) is 2.43. The fourth-order valence-electron chi connectivity index (χ4n) is 4.28. The zero-order valence-corrected chi connectivity index (χ0v) is 18.6. The molecule has 34 heavy (non-hydrogen) atoms. The summed E-state index contributed by atoms with van der Waals surface area (Å²) in [7, 11) is 0. The Bertz CT molecular complexity index is 1190. The van der Waals surface area contributed by atoms with E-state index in [1.165, 1.54) is 12.0 Å². The van der Waals surface area contributed by atoms with Crippen LogP contribution >= 0.6 is 0 Å². The summed E-state index contributed by atoms with van der Waals surface area (Å²) in [5.41, 5.74) is 1.96. The van der Waals surface area contributed by atoms with Crippen molar-refractivity contribution in [2.75, 3.05) is 47.8 Å². The van der Waals surface area contributed by atoms with Gasteiger partial charge in [0.15, 0.2) is 0 Å². The number of para-hydroxylation sites is 1. The van der Waals surface area contributed by atoms with E-state index >= 15 is 0 Å². The monoisotopic (exact) mass is 456 g/mol. The predicted molar refractivity (Wildman–Crippen MR) is 128 cm³/mol. The molecular weight excluding hydrogens is 432 g/mol. The first kappa shape index (κ1) is 21.6. The van der Waals surface area contributed by atoms with Crippen LogP contribution < -0.4 is 15.1 Å². The van der Waals surface area contributed by atoms with Gasteiger partial charge in [0.05, 0.1) is 11.1 Å². The number of amides is 3. The van der Waals surface area contributed by atoms with E-state index in [1.54, 1.807) is 30.3 Å². The highest BCUT2D eigenvalue weighted by molar-refractivity contribution is 6.21. The molecule has 2 aliphatic rings. The highest BCUT2D eigenvalue weighted by Gasteiger charge is 2.35. The van der Waals surface area contributed by atoms with Crippen LogP contribution in [-0.2, 0) is 4.79 Å². The topological polar surface area (TPSA) is 98.7 Å². The van der Waals surface area contributed by atoms with Crippen LogP contribution in [0.1, 0.15) is 27.1 Å². The molecule has 0 unspecified atom stereocenters. The minimum Gasteiger partial charge on any atom is -0.368 e. The molecule has 1 saturated heterocycles. The third-order valence-electron chi connectivity index (χ3n) is 6.09. The molecule has 9 nitrogen and oxygen atoms in total. The average Bonchev–Trinajstić information content (AvgIpc) is 3.13. The van der Waals surface area contributed by atoms with Gasteiger partial charge in [-0.25, -0.2) is 9.97 Å². The average molecular weight is 457 g/mol. The maximum absolute atomic E-state index is 12.5. The zero-order valence-electron chi connectivity index (χ0n) is 18.6. The number of anilines is 3. The molecule has 1 N–H and O–H groups in total. The van der Waals surface area contributed by atoms with Crippen LogP contribution in [0, 0.1) is 0 Å². The van der Waals surface area contributed by atoms with Crippen molar-refractivity contribution in [1.82, 2.24) is 14.9 Å². The number of benzene rings is 2. The summed E-state index contributed by atoms with van der Waals surface area (Å²) in [6.07, 6.45) is 1.42. The van der Waals surface area contributed by atoms with Gasteiger partial charge in [-0.2, -0.15) is 0 Å². The lowest BCUT2D eigenvalue weighted by Crippen LogP contribution is -2.46. The number of piperazine rings is 1. The molecule has 0 bridgehead atoms. The Hall–Kier alpha value is -4.27. The molecule has 2 aromatic carbocycles. The van der Waals surface area contributed by atoms with Crippen molar-refractivity contribution in [3.63, 3.8) is 0 Å². The first-order chi connectivity index (χ1) is 16.6. The van der Waals surface area contributed by atoms with Gasteiger partial charge in [0, 0.05) is 50.9 Å². The molecule has 0 spiro atoms. The number of carbonyl (C=O) groups excluding carboxylic acids is 3. The number of carbonyl (C=O) groups is 3. The first-order valence-electron chi connectivity index (χ1n) is 11.2. The summed E-state index contributed by atoms with van der Waals surface area (Å²) >= 11 is 0. The van der Waals surface area contributed by atoms with E-state index in [4.69, 9.17) is 0 Å². The molecule has 172 valence electrons. The van der Waals surface area contributed by atoms with Gasteiger partial charge in [0.25, 0.3) is 11.8 Å². The molecule has 3 heterocycles. The van der Waals surface area contributed by atoms with Crippen molar-refractivity contribution in [2.24, 2.45) is 0 Å². The van der Waals surface area contributed by atoms with Crippen LogP contribution in [-0.4, -0.2) is 65.3 Å². The summed E-state index contributed by atoms with van der Waals surface area (Å²) in [5.74, 6) is 0.0797. The van der Waals surface area contributed by atoms with E-state index in [0.29, 0.717) is 16.9 Å². The van der Waals surface area contributed by atoms with Crippen LogP contribution in [0.3, 0.4) is 0 Å². The number of nitrogens with one attached hydrogen (secondary N) is 1. The normalized spacial score (nSPS) is 15.5. The summed E-state index contributed by atoms with van der Waals surface area (Å²) in [6, 6.07) is 18.7. The van der Waals surface area contributed by atoms with Crippen LogP contribution in [0.5, 0.6) is 0 Å². The smallest absolute Gasteiger partial charge is 0.261 e. The minimum absolute atomic E-state index is 0.0115. The second-order valence-electron chi connectivity index (χ2n) is 8.18. The Labute approximate surface area is 197 Å². The van der Waals surface area contributed by atoms with Crippen molar-refractivity contribution in [1.29, 1.82) is 0 Å². The number of hydrogen-bond donors (Lipinski definition) is 1. The Morgan fingerprint density at radius 1 is 0.824 bits per heavy atom. The van der Waals surface area contributed by atoms with Crippen LogP contribution in [0.15, 0.2) is 67.0 Å². The quantitative estimate of drug-likeness (QED) is 0.569. The van der Waals surface area contributed by atoms with Crippen LogP contribution in [0.25, 0.3) is 0 Å². The van der Waals surface area contributed by atoms with Gasteiger partial charge >= 0.3 is 0 Å². The standard InChI is InChI=1S/C25H24N6O3/c32-23(10-11-31-24(33)19-8-4-5-9-20(19)25(31)34)28-21-16-22(27-17-26-21)30-14-12-29(13-15-30)18-6-2-1-3-7-18/h1-9,16-17H,10-15H2,(H,26,27,28,32). The second-order valence-corrected chi connectivity index (χ2v) is 8.18. The summed E-state index contributed by atoms with van der Waals surface area (Å²) in [5, 5.41) is 2.75. The molecule has 5 rings (SSSR count). The highest BCUT2D eigenvalue weighted by atomic mass is 16.2. The maximum Gasteiger partial charge on any atom is 0.261 e. The van der Waals surface area contributed by atoms with Gasteiger partial charge in [-0.3, -0.25) is 19.3 Å². The molecule has 3 amide bonds. The third kappa shape index (κ3) is 4.32. The summed E-state index contributed by atoms with van der Waals surface area (Å²) in [4.78, 5) is 51.5. The van der Waals surface area contributed by atoms with Gasteiger partial charge < -0.3 is 15.1 Å². The van der Waals surface area contributed by atoms with Crippen molar-refractivity contribution in [2.45, 2.75) is 6.42 Å². The van der Waals surface area contributed by atoms with E-state index in [9.17, 15) is 14.4 Å². The Morgan fingerprint density at radius 3 is 2.12 bits per heavy atom. The molecule has 1 fully saturated rings. The maximum atomic E-state index is 12.5. The first-order valence-corrected chi connectivity index (χ1v) is 11.2. The number of imide groups is 1. The zero-order chi connectivity index (χ0) is 23.5. The number of fused-ring (bicyclic) bond motifs is 1. The SMILES string of the molecule is O=C(CCN1C(=O)c2ccccc2C1=O)Nc1cc(N2CCN(c3ccccc3)CC2)ncn1. The Balaban J connectivity index is 1.15. The number of nitrogens with zero attached hydrogens (tertiary/aromatic N) is 5. The van der Waals surface area contributed by atoms with Crippen molar-refractivity contribution in [3.8, 4) is 0 Å². The van der Waals surface area contributed by atoms with Crippen molar-refractivity contribution >= 4 is 35.0 Å². The van der Waals surface area contributed by atoms with Gasteiger partial charge in [0.2, 0.25) is 5.91 Å². The fraction of sp³-hybridized carbons (Fsp3) is 0.240. The van der Waals surface area contributed by atoms with E-state index in [-0.39, 0.29) is 30.7 Å². The van der Waals surface area contributed by atoms with Gasteiger partial charge in [0.1, 0.15) is 18.0 Å². The molecule has 0 atom stereocenters. The number of hydrogen-bond acceptors (Lipinski definition) is 7.